The summed E-state index contributed by atoms with van der Waals surface area (Å²) in [6, 6.07) is 24.8. The summed E-state index contributed by atoms with van der Waals surface area (Å²) < 4.78 is 12.7. The van der Waals surface area contributed by atoms with Crippen molar-refractivity contribution in [1.29, 1.82) is 10.5 Å². The van der Waals surface area contributed by atoms with Crippen LogP contribution in [-0.4, -0.2) is 6.61 Å². The number of ether oxygens (including phenoxy) is 2. The van der Waals surface area contributed by atoms with Crippen LogP contribution >= 0.6 is 15.9 Å². The fourth-order valence-corrected chi connectivity index (χ4v) is 3.08. The minimum atomic E-state index is 0.428. The van der Waals surface area contributed by atoms with E-state index in [1.807, 2.05) is 49.4 Å². The van der Waals surface area contributed by atoms with E-state index >= 15 is 0 Å². The van der Waals surface area contributed by atoms with Gasteiger partial charge in [0.1, 0.15) is 6.61 Å². The zero-order chi connectivity index (χ0) is 21.3. The molecule has 5 heteroatoms. The maximum Gasteiger partial charge on any atom is 0.161 e. The molecule has 0 amide bonds. The predicted octanol–water partition coefficient (Wildman–Crippen LogP) is 6.36. The van der Waals surface area contributed by atoms with E-state index in [0.717, 1.165) is 21.2 Å². The summed E-state index contributed by atoms with van der Waals surface area (Å²) in [6.07, 6.45) is 1.79. The molecular formula is C25H19BrN2O2. The van der Waals surface area contributed by atoms with Crippen LogP contribution < -0.4 is 9.47 Å². The highest BCUT2D eigenvalue weighted by Crippen LogP contribution is 2.31. The molecule has 0 bridgehead atoms. The second kappa shape index (κ2) is 10.3. The molecule has 0 radical (unpaired) electrons. The predicted molar refractivity (Wildman–Crippen MR) is 121 cm³/mol. The Kier molecular flexibility index (Phi) is 7.27. The molecule has 0 saturated heterocycles. The van der Waals surface area contributed by atoms with Gasteiger partial charge in [0.05, 0.1) is 29.9 Å². The fourth-order valence-electron chi connectivity index (χ4n) is 2.81. The number of allylic oxidation sites excluding steroid dienone is 1. The van der Waals surface area contributed by atoms with E-state index in [2.05, 4.69) is 28.1 Å². The van der Waals surface area contributed by atoms with Crippen molar-refractivity contribution in [3.8, 4) is 23.6 Å². The van der Waals surface area contributed by atoms with Crippen LogP contribution in [0.25, 0.3) is 11.6 Å². The summed E-state index contributed by atoms with van der Waals surface area (Å²) in [5.41, 5.74) is 3.70. The number of hydrogen-bond acceptors (Lipinski definition) is 4. The van der Waals surface area contributed by atoms with E-state index in [1.165, 1.54) is 0 Å². The molecule has 3 rings (SSSR count). The third kappa shape index (κ3) is 5.50. The van der Waals surface area contributed by atoms with Gasteiger partial charge in [0.25, 0.3) is 0 Å². The maximum atomic E-state index is 9.58. The summed E-state index contributed by atoms with van der Waals surface area (Å²) >= 11 is 3.43. The van der Waals surface area contributed by atoms with Gasteiger partial charge in [-0.2, -0.15) is 10.5 Å². The molecule has 4 nitrogen and oxygen atoms in total. The van der Waals surface area contributed by atoms with Crippen LogP contribution in [0, 0.1) is 22.7 Å². The van der Waals surface area contributed by atoms with Crippen molar-refractivity contribution in [3.05, 3.63) is 93.5 Å². The molecule has 0 aromatic heterocycles. The number of nitrogens with zero attached hydrogens (tertiary/aromatic N) is 2. The molecule has 148 valence electrons. The molecule has 0 unspecified atom stereocenters. The molecule has 3 aromatic rings. The van der Waals surface area contributed by atoms with Gasteiger partial charge < -0.3 is 9.47 Å². The van der Waals surface area contributed by atoms with Gasteiger partial charge in [-0.1, -0.05) is 46.3 Å². The third-order valence-corrected chi connectivity index (χ3v) is 4.86. The monoisotopic (exact) mass is 458 g/mol. The number of rotatable bonds is 7. The second-order valence-corrected chi connectivity index (χ2v) is 7.33. The van der Waals surface area contributed by atoms with E-state index in [4.69, 9.17) is 14.7 Å². The van der Waals surface area contributed by atoms with Gasteiger partial charge in [-0.25, -0.2) is 0 Å². The zero-order valence-corrected chi connectivity index (χ0v) is 18.0. The van der Waals surface area contributed by atoms with E-state index in [1.54, 1.807) is 30.3 Å². The minimum absolute atomic E-state index is 0.428. The van der Waals surface area contributed by atoms with Gasteiger partial charge in [-0.3, -0.25) is 0 Å². The highest BCUT2D eigenvalue weighted by molar-refractivity contribution is 9.10. The molecule has 0 atom stereocenters. The largest absolute Gasteiger partial charge is 0.490 e. The first-order chi connectivity index (χ1) is 14.6. The lowest BCUT2D eigenvalue weighted by atomic mass is 10.0. The topological polar surface area (TPSA) is 66.0 Å². The summed E-state index contributed by atoms with van der Waals surface area (Å²) in [5, 5.41) is 18.5. The van der Waals surface area contributed by atoms with Crippen molar-refractivity contribution in [2.75, 3.05) is 6.61 Å². The van der Waals surface area contributed by atoms with Gasteiger partial charge in [-0.15, -0.1) is 0 Å². The Morgan fingerprint density at radius 3 is 2.30 bits per heavy atom. The lowest BCUT2D eigenvalue weighted by molar-refractivity contribution is 0.269. The Bertz CT molecular complexity index is 1120. The Labute approximate surface area is 184 Å². The normalized spacial score (nSPS) is 10.7. The number of benzene rings is 3. The number of halogens is 1. The quantitative estimate of drug-likeness (QED) is 0.305. The van der Waals surface area contributed by atoms with E-state index in [9.17, 15) is 5.26 Å². The minimum Gasteiger partial charge on any atom is -0.490 e. The van der Waals surface area contributed by atoms with E-state index in [0.29, 0.717) is 35.8 Å². The van der Waals surface area contributed by atoms with Crippen LogP contribution in [0.3, 0.4) is 0 Å². The van der Waals surface area contributed by atoms with Crippen LogP contribution in [0.4, 0.5) is 0 Å². The smallest absolute Gasteiger partial charge is 0.161 e. The molecule has 0 N–H and O–H groups in total. The van der Waals surface area contributed by atoms with Crippen LogP contribution in [0.1, 0.15) is 29.2 Å². The van der Waals surface area contributed by atoms with E-state index in [-0.39, 0.29) is 0 Å². The SMILES string of the molecule is CCOc1cc(C=C(C#N)c2ccc(C#N)cc2)ccc1OCc1ccc(Br)cc1. The van der Waals surface area contributed by atoms with Gasteiger partial charge in [-0.05, 0) is 66.1 Å². The Balaban J connectivity index is 1.83. The van der Waals surface area contributed by atoms with Crippen molar-refractivity contribution in [1.82, 2.24) is 0 Å². The fraction of sp³-hybridized carbons (Fsp3) is 0.120. The van der Waals surface area contributed by atoms with Gasteiger partial charge >= 0.3 is 0 Å². The zero-order valence-electron chi connectivity index (χ0n) is 16.4. The van der Waals surface area contributed by atoms with Crippen molar-refractivity contribution >= 4 is 27.6 Å². The average molecular weight is 459 g/mol. The van der Waals surface area contributed by atoms with Crippen LogP contribution in [-0.2, 0) is 6.61 Å². The van der Waals surface area contributed by atoms with Crippen molar-refractivity contribution < 1.29 is 9.47 Å². The first-order valence-electron chi connectivity index (χ1n) is 9.39. The molecule has 3 aromatic carbocycles. The maximum absolute atomic E-state index is 9.58. The second-order valence-electron chi connectivity index (χ2n) is 6.41. The summed E-state index contributed by atoms with van der Waals surface area (Å²) in [5.74, 6) is 1.27. The molecule has 0 spiro atoms. The number of hydrogen-bond donors (Lipinski definition) is 0. The average Bonchev–Trinajstić information content (AvgIpc) is 2.78. The van der Waals surface area contributed by atoms with Gasteiger partial charge in [0, 0.05) is 4.47 Å². The molecule has 0 heterocycles. The first-order valence-corrected chi connectivity index (χ1v) is 10.2. The lowest BCUT2D eigenvalue weighted by Gasteiger charge is -2.13. The molecule has 0 aliphatic rings. The Hall–Kier alpha value is -3.54. The standard InChI is InChI=1S/C25H19BrN2O2/c1-2-29-25-14-20(13-22(16-28)21-8-3-18(15-27)4-9-21)7-12-24(25)30-17-19-5-10-23(26)11-6-19/h3-14H,2,17H2,1H3. The lowest BCUT2D eigenvalue weighted by Crippen LogP contribution is -2.00. The van der Waals surface area contributed by atoms with E-state index < -0.39 is 0 Å². The summed E-state index contributed by atoms with van der Waals surface area (Å²) in [6.45, 7) is 2.85. The molecule has 0 saturated carbocycles. The van der Waals surface area contributed by atoms with Crippen molar-refractivity contribution in [2.45, 2.75) is 13.5 Å². The molecule has 0 fully saturated rings. The van der Waals surface area contributed by atoms with Gasteiger partial charge in [0.2, 0.25) is 0 Å². The Morgan fingerprint density at radius 1 is 0.933 bits per heavy atom. The van der Waals surface area contributed by atoms with Crippen molar-refractivity contribution in [2.24, 2.45) is 0 Å². The molecular weight excluding hydrogens is 440 g/mol. The molecule has 0 aliphatic heterocycles. The first kappa shape index (κ1) is 21.2. The highest BCUT2D eigenvalue weighted by atomic mass is 79.9. The highest BCUT2D eigenvalue weighted by Gasteiger charge is 2.08. The van der Waals surface area contributed by atoms with Crippen LogP contribution in [0.2, 0.25) is 0 Å². The Morgan fingerprint density at radius 2 is 1.67 bits per heavy atom. The summed E-state index contributed by atoms with van der Waals surface area (Å²) in [7, 11) is 0. The van der Waals surface area contributed by atoms with Crippen LogP contribution in [0.15, 0.2) is 71.2 Å². The van der Waals surface area contributed by atoms with Crippen LogP contribution in [0.5, 0.6) is 11.5 Å². The number of nitriles is 2. The van der Waals surface area contributed by atoms with Gasteiger partial charge in [0.15, 0.2) is 11.5 Å². The summed E-state index contributed by atoms with van der Waals surface area (Å²) in [4.78, 5) is 0. The molecule has 0 aliphatic carbocycles. The van der Waals surface area contributed by atoms with Crippen molar-refractivity contribution in [3.63, 3.8) is 0 Å². The third-order valence-electron chi connectivity index (χ3n) is 4.33. The molecule has 30 heavy (non-hydrogen) atoms.